The second-order valence-corrected chi connectivity index (χ2v) is 4.70. The summed E-state index contributed by atoms with van der Waals surface area (Å²) in [6, 6.07) is 4.85. The molecule has 1 aliphatic rings. The zero-order chi connectivity index (χ0) is 13.8. The summed E-state index contributed by atoms with van der Waals surface area (Å²) in [5.41, 5.74) is 6.56. The van der Waals surface area contributed by atoms with E-state index in [9.17, 15) is 4.79 Å². The van der Waals surface area contributed by atoms with Crippen molar-refractivity contribution in [2.24, 2.45) is 0 Å². The molecular formula is C14H19NO4. The van der Waals surface area contributed by atoms with Gasteiger partial charge in [0.05, 0.1) is 19.3 Å². The number of carbonyl (C=O) groups is 1. The third-order valence-electron chi connectivity index (χ3n) is 3.17. The molecule has 2 N–H and O–H groups in total. The van der Waals surface area contributed by atoms with Crippen LogP contribution in [0.5, 0.6) is 5.75 Å². The molecule has 19 heavy (non-hydrogen) atoms. The van der Waals surface area contributed by atoms with E-state index in [1.807, 2.05) is 6.92 Å². The quantitative estimate of drug-likeness (QED) is 0.666. The highest BCUT2D eigenvalue weighted by molar-refractivity contribution is 5.93. The Hall–Kier alpha value is -1.75. The predicted molar refractivity (Wildman–Crippen MR) is 71.3 cm³/mol. The molecule has 5 nitrogen and oxygen atoms in total. The van der Waals surface area contributed by atoms with Gasteiger partial charge in [-0.25, -0.2) is 4.79 Å². The van der Waals surface area contributed by atoms with Gasteiger partial charge < -0.3 is 19.9 Å². The maximum absolute atomic E-state index is 12.0. The van der Waals surface area contributed by atoms with E-state index >= 15 is 0 Å². The van der Waals surface area contributed by atoms with Crippen LogP contribution in [0.25, 0.3) is 0 Å². The minimum Gasteiger partial charge on any atom is -0.496 e. The first kappa shape index (κ1) is 13.7. The van der Waals surface area contributed by atoms with Crippen molar-refractivity contribution in [3.8, 4) is 5.75 Å². The fraction of sp³-hybridized carbons (Fsp3) is 0.500. The molecule has 0 aromatic heterocycles. The standard InChI is InChI=1S/C14H19NO4/c1-9-3-5-11(19-9)8-18-14(16)12-6-4-10(15)7-13(12)17-2/h4,6-7,9,11H,3,5,8,15H2,1-2H3. The molecule has 0 radical (unpaired) electrons. The minimum absolute atomic E-state index is 0.00118. The molecule has 2 unspecified atom stereocenters. The molecule has 0 bridgehead atoms. The van der Waals surface area contributed by atoms with Crippen molar-refractivity contribution in [3.63, 3.8) is 0 Å². The summed E-state index contributed by atoms with van der Waals surface area (Å²) in [6.07, 6.45) is 2.18. The van der Waals surface area contributed by atoms with Gasteiger partial charge in [0, 0.05) is 11.8 Å². The number of benzene rings is 1. The number of methoxy groups -OCH3 is 1. The average Bonchev–Trinajstić information content (AvgIpc) is 2.81. The zero-order valence-electron chi connectivity index (χ0n) is 11.2. The lowest BCUT2D eigenvalue weighted by Gasteiger charge is -2.13. The molecule has 104 valence electrons. The highest BCUT2D eigenvalue weighted by Gasteiger charge is 2.24. The molecule has 0 aliphatic carbocycles. The van der Waals surface area contributed by atoms with Crippen molar-refractivity contribution in [2.45, 2.75) is 32.0 Å². The highest BCUT2D eigenvalue weighted by Crippen LogP contribution is 2.23. The summed E-state index contributed by atoms with van der Waals surface area (Å²) in [5.74, 6) is 0.00529. The Morgan fingerprint density at radius 3 is 2.89 bits per heavy atom. The Balaban J connectivity index is 1.96. The van der Waals surface area contributed by atoms with Gasteiger partial charge in [0.25, 0.3) is 0 Å². The third-order valence-corrected chi connectivity index (χ3v) is 3.17. The van der Waals surface area contributed by atoms with Crippen LogP contribution in [0.2, 0.25) is 0 Å². The summed E-state index contributed by atoms with van der Waals surface area (Å²) in [6.45, 7) is 2.29. The average molecular weight is 265 g/mol. The lowest BCUT2D eigenvalue weighted by atomic mass is 10.2. The van der Waals surface area contributed by atoms with Crippen molar-refractivity contribution in [1.29, 1.82) is 0 Å². The summed E-state index contributed by atoms with van der Waals surface area (Å²) < 4.78 is 16.0. The fourth-order valence-electron chi connectivity index (χ4n) is 2.13. The number of carbonyl (C=O) groups excluding carboxylic acids is 1. The Labute approximate surface area is 112 Å². The molecule has 1 aromatic carbocycles. The molecule has 2 atom stereocenters. The predicted octanol–water partition coefficient (Wildman–Crippen LogP) is 2.00. The molecule has 1 aliphatic heterocycles. The molecule has 1 heterocycles. The number of nitrogen functional groups attached to an aromatic ring is 1. The van der Waals surface area contributed by atoms with Crippen molar-refractivity contribution < 1.29 is 19.0 Å². The number of hydrogen-bond acceptors (Lipinski definition) is 5. The van der Waals surface area contributed by atoms with E-state index in [-0.39, 0.29) is 18.8 Å². The number of hydrogen-bond donors (Lipinski definition) is 1. The van der Waals surface area contributed by atoms with E-state index < -0.39 is 5.97 Å². The Morgan fingerprint density at radius 1 is 1.47 bits per heavy atom. The number of rotatable bonds is 4. The van der Waals surface area contributed by atoms with Crippen LogP contribution in [0.3, 0.4) is 0 Å². The first-order chi connectivity index (χ1) is 9.10. The van der Waals surface area contributed by atoms with E-state index in [2.05, 4.69) is 0 Å². The van der Waals surface area contributed by atoms with E-state index in [4.69, 9.17) is 19.9 Å². The molecule has 0 amide bonds. The lowest BCUT2D eigenvalue weighted by Crippen LogP contribution is -2.19. The smallest absolute Gasteiger partial charge is 0.342 e. The molecule has 1 fully saturated rings. The number of nitrogens with two attached hydrogens (primary N) is 1. The zero-order valence-corrected chi connectivity index (χ0v) is 11.2. The van der Waals surface area contributed by atoms with Crippen LogP contribution in [0.15, 0.2) is 18.2 Å². The Bertz CT molecular complexity index is 461. The van der Waals surface area contributed by atoms with Crippen LogP contribution in [0, 0.1) is 0 Å². The van der Waals surface area contributed by atoms with Crippen LogP contribution >= 0.6 is 0 Å². The van der Waals surface area contributed by atoms with Crippen LogP contribution in [0.4, 0.5) is 5.69 Å². The highest BCUT2D eigenvalue weighted by atomic mass is 16.6. The van der Waals surface area contributed by atoms with Crippen LogP contribution in [-0.4, -0.2) is 31.9 Å². The number of esters is 1. The van der Waals surface area contributed by atoms with E-state index in [0.29, 0.717) is 17.0 Å². The topological polar surface area (TPSA) is 70.8 Å². The Kier molecular flexibility index (Phi) is 4.27. The van der Waals surface area contributed by atoms with Gasteiger partial charge in [-0.15, -0.1) is 0 Å². The maximum atomic E-state index is 12.0. The molecular weight excluding hydrogens is 246 g/mol. The molecule has 0 saturated carbocycles. The van der Waals surface area contributed by atoms with Gasteiger partial charge >= 0.3 is 5.97 Å². The lowest BCUT2D eigenvalue weighted by molar-refractivity contribution is -0.00281. The van der Waals surface area contributed by atoms with Gasteiger partial charge in [0.15, 0.2) is 0 Å². The van der Waals surface area contributed by atoms with E-state index in [1.54, 1.807) is 18.2 Å². The molecule has 0 spiro atoms. The van der Waals surface area contributed by atoms with E-state index in [1.165, 1.54) is 7.11 Å². The summed E-state index contributed by atoms with van der Waals surface area (Å²) in [5, 5.41) is 0. The van der Waals surface area contributed by atoms with Gasteiger partial charge in [-0.3, -0.25) is 0 Å². The maximum Gasteiger partial charge on any atom is 0.342 e. The van der Waals surface area contributed by atoms with Gasteiger partial charge in [-0.05, 0) is 31.9 Å². The van der Waals surface area contributed by atoms with Crippen molar-refractivity contribution in [3.05, 3.63) is 23.8 Å². The molecule has 5 heteroatoms. The van der Waals surface area contributed by atoms with Crippen LogP contribution in [-0.2, 0) is 9.47 Å². The summed E-state index contributed by atoms with van der Waals surface area (Å²) in [7, 11) is 1.49. The second-order valence-electron chi connectivity index (χ2n) is 4.70. The second kappa shape index (κ2) is 5.93. The Morgan fingerprint density at radius 2 is 2.26 bits per heavy atom. The molecule has 1 saturated heterocycles. The van der Waals surface area contributed by atoms with Crippen molar-refractivity contribution >= 4 is 11.7 Å². The largest absolute Gasteiger partial charge is 0.496 e. The SMILES string of the molecule is COc1cc(N)ccc1C(=O)OCC1CCC(C)O1. The van der Waals surface area contributed by atoms with Crippen LogP contribution in [0.1, 0.15) is 30.1 Å². The van der Waals surface area contributed by atoms with Crippen molar-refractivity contribution in [1.82, 2.24) is 0 Å². The summed E-state index contributed by atoms with van der Waals surface area (Å²) in [4.78, 5) is 12.0. The molecule has 2 rings (SSSR count). The normalized spacial score (nSPS) is 22.2. The van der Waals surface area contributed by atoms with E-state index in [0.717, 1.165) is 12.8 Å². The molecule has 1 aromatic rings. The van der Waals surface area contributed by atoms with Crippen LogP contribution < -0.4 is 10.5 Å². The first-order valence-electron chi connectivity index (χ1n) is 6.36. The summed E-state index contributed by atoms with van der Waals surface area (Å²) >= 11 is 0. The third kappa shape index (κ3) is 3.38. The van der Waals surface area contributed by atoms with Gasteiger partial charge in [0.1, 0.15) is 17.9 Å². The fourth-order valence-corrected chi connectivity index (χ4v) is 2.13. The number of anilines is 1. The minimum atomic E-state index is -0.417. The number of ether oxygens (including phenoxy) is 3. The first-order valence-corrected chi connectivity index (χ1v) is 6.36. The van der Waals surface area contributed by atoms with Gasteiger partial charge in [-0.1, -0.05) is 0 Å². The van der Waals surface area contributed by atoms with Gasteiger partial charge in [-0.2, -0.15) is 0 Å². The van der Waals surface area contributed by atoms with Gasteiger partial charge in [0.2, 0.25) is 0 Å². The van der Waals surface area contributed by atoms with Crippen molar-refractivity contribution in [2.75, 3.05) is 19.5 Å². The monoisotopic (exact) mass is 265 g/mol.